The third kappa shape index (κ3) is 3.42. The molecule has 18 heavy (non-hydrogen) atoms. The lowest BCUT2D eigenvalue weighted by Crippen LogP contribution is -2.29. The van der Waals surface area contributed by atoms with Crippen LogP contribution in [-0.4, -0.2) is 19.3 Å². The van der Waals surface area contributed by atoms with E-state index in [0.29, 0.717) is 17.1 Å². The van der Waals surface area contributed by atoms with E-state index in [1.165, 1.54) is 12.1 Å². The first-order valence-electron chi connectivity index (χ1n) is 5.89. The molecule has 1 aromatic carbocycles. The Morgan fingerprint density at radius 3 is 3.00 bits per heavy atom. The fraction of sp³-hybridized carbons (Fsp3) is 0.462. The monoisotopic (exact) mass is 268 g/mol. The van der Waals surface area contributed by atoms with Crippen LogP contribution in [0.5, 0.6) is 0 Å². The number of nitrogens with zero attached hydrogens (tertiary/aromatic N) is 1. The van der Waals surface area contributed by atoms with Crippen molar-refractivity contribution in [2.24, 2.45) is 0 Å². The van der Waals surface area contributed by atoms with Gasteiger partial charge in [0.05, 0.1) is 12.2 Å². The maximum absolute atomic E-state index is 13.2. The lowest BCUT2D eigenvalue weighted by molar-refractivity contribution is 0.109. The average molecular weight is 269 g/mol. The van der Waals surface area contributed by atoms with Gasteiger partial charge in [-0.1, -0.05) is 11.6 Å². The summed E-state index contributed by atoms with van der Waals surface area (Å²) in [5, 5.41) is 12.5. The molecule has 0 radical (unpaired) electrons. The zero-order chi connectivity index (χ0) is 13.0. The summed E-state index contributed by atoms with van der Waals surface area (Å²) in [6, 6.07) is 5.68. The van der Waals surface area contributed by atoms with Gasteiger partial charge in [0.1, 0.15) is 11.9 Å². The molecule has 1 aromatic rings. The molecule has 0 amide bonds. The van der Waals surface area contributed by atoms with Crippen LogP contribution in [0.4, 0.5) is 4.39 Å². The molecule has 0 aliphatic carbocycles. The molecule has 0 aromatic heterocycles. The smallest absolute Gasteiger partial charge is 0.125 e. The van der Waals surface area contributed by atoms with E-state index in [2.05, 4.69) is 11.4 Å². The Labute approximate surface area is 111 Å². The van der Waals surface area contributed by atoms with Crippen LogP contribution in [-0.2, 0) is 4.74 Å². The molecule has 0 saturated carbocycles. The number of rotatable bonds is 4. The zero-order valence-electron chi connectivity index (χ0n) is 9.83. The summed E-state index contributed by atoms with van der Waals surface area (Å²) >= 11 is 5.78. The van der Waals surface area contributed by atoms with Crippen LogP contribution in [0.25, 0.3) is 0 Å². The molecule has 2 rings (SSSR count). The molecule has 1 aliphatic rings. The standard InChI is InChI=1S/C13H14ClFN2O/c14-10-4-9(5-11(15)6-10)13(7-16)17-8-12-2-1-3-18-12/h4-6,12-13,17H,1-3,8H2. The second-order valence-corrected chi connectivity index (χ2v) is 4.74. The van der Waals surface area contributed by atoms with Crippen molar-refractivity contribution in [3.05, 3.63) is 34.6 Å². The SMILES string of the molecule is N#CC(NCC1CCCO1)c1cc(F)cc(Cl)c1. The van der Waals surface area contributed by atoms with Crippen LogP contribution in [0, 0.1) is 17.1 Å². The highest BCUT2D eigenvalue weighted by Crippen LogP contribution is 2.20. The normalized spacial score (nSPS) is 20.6. The molecule has 1 N–H and O–H groups in total. The Balaban J connectivity index is 2.01. The molecule has 2 unspecified atom stereocenters. The summed E-state index contributed by atoms with van der Waals surface area (Å²) < 4.78 is 18.7. The van der Waals surface area contributed by atoms with Crippen LogP contribution < -0.4 is 5.32 Å². The number of nitriles is 1. The number of nitrogens with one attached hydrogen (secondary N) is 1. The topological polar surface area (TPSA) is 45.0 Å². The van der Waals surface area contributed by atoms with Crippen molar-refractivity contribution in [3.63, 3.8) is 0 Å². The van der Waals surface area contributed by atoms with E-state index in [4.69, 9.17) is 21.6 Å². The number of halogens is 2. The quantitative estimate of drug-likeness (QED) is 0.913. The molecule has 96 valence electrons. The highest BCUT2D eigenvalue weighted by atomic mass is 35.5. The largest absolute Gasteiger partial charge is 0.377 e. The number of hydrogen-bond acceptors (Lipinski definition) is 3. The Bertz CT molecular complexity index is 435. The number of ether oxygens (including phenoxy) is 1. The summed E-state index contributed by atoms with van der Waals surface area (Å²) in [5.41, 5.74) is 0.542. The second-order valence-electron chi connectivity index (χ2n) is 4.31. The van der Waals surface area contributed by atoms with Gasteiger partial charge in [-0.25, -0.2) is 4.39 Å². The highest BCUT2D eigenvalue weighted by molar-refractivity contribution is 6.30. The summed E-state index contributed by atoms with van der Waals surface area (Å²) in [7, 11) is 0. The first-order valence-corrected chi connectivity index (χ1v) is 6.27. The van der Waals surface area contributed by atoms with Crippen LogP contribution in [0.15, 0.2) is 18.2 Å². The van der Waals surface area contributed by atoms with Gasteiger partial charge in [0.15, 0.2) is 0 Å². The Hall–Kier alpha value is -1.15. The van der Waals surface area contributed by atoms with Crippen molar-refractivity contribution in [3.8, 4) is 6.07 Å². The van der Waals surface area contributed by atoms with Gasteiger partial charge in [0.2, 0.25) is 0 Å². The van der Waals surface area contributed by atoms with E-state index in [1.807, 2.05) is 0 Å². The van der Waals surface area contributed by atoms with Crippen molar-refractivity contribution in [1.82, 2.24) is 5.32 Å². The van der Waals surface area contributed by atoms with Crippen molar-refractivity contribution in [2.75, 3.05) is 13.2 Å². The lowest BCUT2D eigenvalue weighted by Gasteiger charge is -2.15. The zero-order valence-corrected chi connectivity index (χ0v) is 10.6. The first kappa shape index (κ1) is 13.3. The van der Waals surface area contributed by atoms with Crippen LogP contribution in [0.1, 0.15) is 24.4 Å². The number of hydrogen-bond donors (Lipinski definition) is 1. The maximum Gasteiger partial charge on any atom is 0.125 e. The van der Waals surface area contributed by atoms with Crippen molar-refractivity contribution in [1.29, 1.82) is 5.26 Å². The predicted molar refractivity (Wildman–Crippen MR) is 66.7 cm³/mol. The van der Waals surface area contributed by atoms with Crippen LogP contribution in [0.3, 0.4) is 0 Å². The van der Waals surface area contributed by atoms with Gasteiger partial charge in [-0.15, -0.1) is 0 Å². The Kier molecular flexibility index (Phi) is 4.54. The Morgan fingerprint density at radius 1 is 1.56 bits per heavy atom. The lowest BCUT2D eigenvalue weighted by atomic mass is 10.1. The predicted octanol–water partition coefficient (Wildman–Crippen LogP) is 2.81. The summed E-state index contributed by atoms with van der Waals surface area (Å²) in [6.07, 6.45) is 2.19. The fourth-order valence-electron chi connectivity index (χ4n) is 2.03. The molecule has 1 heterocycles. The van der Waals surface area contributed by atoms with Crippen molar-refractivity contribution in [2.45, 2.75) is 25.0 Å². The van der Waals surface area contributed by atoms with Gasteiger partial charge in [0, 0.05) is 18.2 Å². The van der Waals surface area contributed by atoms with E-state index < -0.39 is 11.9 Å². The van der Waals surface area contributed by atoms with E-state index in [1.54, 1.807) is 6.07 Å². The van der Waals surface area contributed by atoms with Crippen LogP contribution >= 0.6 is 11.6 Å². The molecule has 1 saturated heterocycles. The van der Waals surface area contributed by atoms with Crippen molar-refractivity contribution < 1.29 is 9.13 Å². The molecule has 1 aliphatic heterocycles. The van der Waals surface area contributed by atoms with E-state index in [0.717, 1.165) is 19.4 Å². The van der Waals surface area contributed by atoms with Gasteiger partial charge < -0.3 is 4.74 Å². The molecule has 1 fully saturated rings. The van der Waals surface area contributed by atoms with E-state index in [9.17, 15) is 4.39 Å². The minimum Gasteiger partial charge on any atom is -0.377 e. The summed E-state index contributed by atoms with van der Waals surface area (Å²) in [4.78, 5) is 0. The Morgan fingerprint density at radius 2 is 2.39 bits per heavy atom. The summed E-state index contributed by atoms with van der Waals surface area (Å²) in [6.45, 7) is 1.36. The third-order valence-electron chi connectivity index (χ3n) is 2.92. The molecule has 5 heteroatoms. The van der Waals surface area contributed by atoms with Crippen molar-refractivity contribution >= 4 is 11.6 Å². The first-order chi connectivity index (χ1) is 8.69. The summed E-state index contributed by atoms with van der Waals surface area (Å²) in [5.74, 6) is -0.434. The molecule has 0 spiro atoms. The molecular weight excluding hydrogens is 255 g/mol. The highest BCUT2D eigenvalue weighted by Gasteiger charge is 2.18. The molecule has 2 atom stereocenters. The molecular formula is C13H14ClFN2O. The van der Waals surface area contributed by atoms with Gasteiger partial charge in [-0.05, 0) is 36.6 Å². The van der Waals surface area contributed by atoms with Gasteiger partial charge in [-0.2, -0.15) is 5.26 Å². The fourth-order valence-corrected chi connectivity index (χ4v) is 2.26. The van der Waals surface area contributed by atoms with Gasteiger partial charge in [0.25, 0.3) is 0 Å². The maximum atomic E-state index is 13.2. The van der Waals surface area contributed by atoms with E-state index >= 15 is 0 Å². The minimum atomic E-state index is -0.567. The molecule has 0 bridgehead atoms. The second kappa shape index (κ2) is 6.14. The van der Waals surface area contributed by atoms with Gasteiger partial charge in [-0.3, -0.25) is 5.32 Å². The molecule has 3 nitrogen and oxygen atoms in total. The van der Waals surface area contributed by atoms with Gasteiger partial charge >= 0.3 is 0 Å². The van der Waals surface area contributed by atoms with E-state index in [-0.39, 0.29) is 6.10 Å². The minimum absolute atomic E-state index is 0.143. The number of benzene rings is 1. The van der Waals surface area contributed by atoms with Crippen LogP contribution in [0.2, 0.25) is 5.02 Å². The third-order valence-corrected chi connectivity index (χ3v) is 3.14. The average Bonchev–Trinajstić information content (AvgIpc) is 2.81.